The van der Waals surface area contributed by atoms with Gasteiger partial charge in [0.1, 0.15) is 17.5 Å². The number of isocyanates is 1. The molecule has 116 heavy (non-hydrogen) atoms. The van der Waals surface area contributed by atoms with E-state index in [0.29, 0.717) is 30.1 Å². The molecule has 0 unspecified atom stereocenters. The first kappa shape index (κ1) is 169. The number of thiol groups is 3. The summed E-state index contributed by atoms with van der Waals surface area (Å²) in [6.45, 7) is 13.5. The van der Waals surface area contributed by atoms with E-state index in [4.69, 9.17) is 63.9 Å². The average Bonchev–Trinajstić information content (AvgIpc) is 0.849. The van der Waals surface area contributed by atoms with Crippen molar-refractivity contribution in [3.8, 4) is 34.8 Å². The third-order valence-corrected chi connectivity index (χ3v) is 16.7. The molecule has 0 aliphatic rings. The first-order valence-electron chi connectivity index (χ1n) is 31.2. The van der Waals surface area contributed by atoms with E-state index < -0.39 is 0 Å². The SMILES string of the molecule is CBr.CC#N.CCl.CI.CN=C=O.CN=C=S.CN=C=[Se].CO/C(C)=C/C(C)=O.COC.COC#N.COC(=N)C(=N)OC.COC(C)=N.COCCOC.CSC.CSC#N.CSCCCS.CSCCCSC.CSCCS.CSCCSC.CSc1cc(C#N)c(C#N)cc1S.CSc1ccccc1SC.C[Se]C#N.[C-]#[N+]C. The third-order valence-electron chi connectivity index (χ3n) is 7.53. The number of carbonyl (C=O) groups excluding carboxylic acids is 2. The molecule has 0 fully saturated rings. The van der Waals surface area contributed by atoms with Crippen molar-refractivity contribution in [2.24, 2.45) is 15.0 Å². The van der Waals surface area contributed by atoms with Crippen LogP contribution in [0.3, 0.4) is 0 Å². The first-order valence-corrected chi connectivity index (χ1v) is 56.2. The Kier molecular flexibility index (Phi) is 299. The molecule has 2 aromatic carbocycles. The van der Waals surface area contributed by atoms with Crippen molar-refractivity contribution in [3.05, 3.63) is 70.8 Å². The molecule has 0 radical (unpaired) electrons. The average molecular weight is 2240 g/mol. The fourth-order valence-corrected chi connectivity index (χ4v) is 9.57. The van der Waals surface area contributed by atoms with Crippen molar-refractivity contribution in [3.63, 3.8) is 0 Å². The largest absolute Gasteiger partial charge is 0.320 e. The Balaban J connectivity index is -0.0000000436. The summed E-state index contributed by atoms with van der Waals surface area (Å²) < 4.78 is 37.6. The van der Waals surface area contributed by atoms with Gasteiger partial charge < -0.3 is 42.7 Å². The number of nitriles is 6. The zero-order valence-electron chi connectivity index (χ0n) is 74.3. The molecule has 0 saturated heterocycles. The molecule has 0 aliphatic carbocycles. The molecule has 3 N–H and O–H groups in total. The predicted octanol–water partition coefficient (Wildman–Crippen LogP) is 21.4. The van der Waals surface area contributed by atoms with Gasteiger partial charge in [-0.3, -0.25) is 21.0 Å². The number of benzene rings is 2. The van der Waals surface area contributed by atoms with Gasteiger partial charge in [-0.1, -0.05) is 50.7 Å². The van der Waals surface area contributed by atoms with Crippen LogP contribution in [0.5, 0.6) is 0 Å². The minimum Gasteiger partial charge on any atom is -0.320 e. The number of ether oxygens (including phenoxy) is 8. The van der Waals surface area contributed by atoms with Crippen LogP contribution in [0.25, 0.3) is 4.85 Å². The van der Waals surface area contributed by atoms with E-state index >= 15 is 0 Å². The summed E-state index contributed by atoms with van der Waals surface area (Å²) in [5, 5.41) is 71.4. The normalized spacial score (nSPS) is 7.29. The number of thiocyanates is 1. The Labute approximate surface area is 815 Å². The Morgan fingerprint density at radius 1 is 0.647 bits per heavy atom. The monoisotopic (exact) mass is 2240 g/mol. The van der Waals surface area contributed by atoms with Gasteiger partial charge in [0.2, 0.25) is 13.1 Å². The summed E-state index contributed by atoms with van der Waals surface area (Å²) in [4.78, 5) is 39.9. The van der Waals surface area contributed by atoms with E-state index in [9.17, 15) is 4.79 Å². The van der Waals surface area contributed by atoms with Crippen LogP contribution in [-0.2, 0) is 47.5 Å². The molecule has 2 aromatic rings. The molecule has 0 spiro atoms. The molecule has 0 atom stereocenters. The second kappa shape index (κ2) is 206. The van der Waals surface area contributed by atoms with E-state index in [1.165, 1.54) is 157 Å². The van der Waals surface area contributed by atoms with Crippen molar-refractivity contribution in [2.45, 2.75) is 65.9 Å². The number of thioether (sulfide) groups is 11. The van der Waals surface area contributed by atoms with E-state index in [0.717, 1.165) is 33.1 Å². The van der Waals surface area contributed by atoms with Crippen molar-refractivity contribution in [1.29, 1.82) is 47.8 Å². The van der Waals surface area contributed by atoms with E-state index in [1.54, 1.807) is 116 Å². The Bertz CT molecular complexity index is 2580. The zero-order valence-corrected chi connectivity index (χ0v) is 94.7. The summed E-state index contributed by atoms with van der Waals surface area (Å²) in [6, 6.07) is 17.4. The molecular weight excluding hydrogens is 2100 g/mol. The van der Waals surface area contributed by atoms with Gasteiger partial charge in [-0.2, -0.15) is 134 Å². The molecule has 0 heterocycles. The maximum atomic E-state index is 10.3. The van der Waals surface area contributed by atoms with Gasteiger partial charge in [-0.05, 0) is 190 Å². The minimum absolute atomic E-state index is 0.0179. The third kappa shape index (κ3) is 266. The van der Waals surface area contributed by atoms with Crippen molar-refractivity contribution < 1.29 is 47.5 Å². The van der Waals surface area contributed by atoms with Crippen molar-refractivity contribution >= 4 is 300 Å². The second-order valence-electron chi connectivity index (χ2n) is 15.7. The summed E-state index contributed by atoms with van der Waals surface area (Å²) in [5.74, 6) is 13.8. The van der Waals surface area contributed by atoms with Crippen LogP contribution in [-0.4, -0.2) is 314 Å². The topological polar surface area (TPSA) is 364 Å². The van der Waals surface area contributed by atoms with E-state index in [2.05, 4.69) is 253 Å². The van der Waals surface area contributed by atoms with Gasteiger partial charge in [0.25, 0.3) is 18.1 Å². The number of ketones is 1. The van der Waals surface area contributed by atoms with Crippen LogP contribution in [0, 0.1) is 89.2 Å². The number of nitrogens with one attached hydrogen (secondary N) is 3. The van der Waals surface area contributed by atoms with Gasteiger partial charge in [0.05, 0.1) is 76.9 Å². The standard InChI is InChI=1S/C9H6N2S2.C8H10S2.C6H10O2.C5H12S2.C4H8N2O2.C4H10O2.2C4H10S2.C3H7NO.C3H8S2.2C2H3NO.2C2H3NS.2C2H3NSe.2C2H3N.C2H6O.C2H6S.CH3Br.CH3Cl.CH3I/c1-13-9-3-7(5-11)6(4-10)2-8(9)12;1-9-7-5-3-4-6-8(7)10-2;1-5(7)4-6(2)8-3;1-6-4-3-5-7-2;1-7-3(5)4(6)8-2;2*1-5-3-4-6-2;1-6-4-2-3-5;1-3(4)5-2;1-5-3-2-4;1-4-2-3;1-3-2-4;1-4-2-3;1-3-2-4;1-4-2-3;1-3-2-4;1-3-2;1-2-3;2*1-3-2;3*1-2/h2-3,12H,1H3;3-6H,1-2H3;4H,1-3H3;3-5H2,1-2H3;5-6H,1-2H3;2*3-4H2,1-2H3;5H,2-4H2,1H3;4H,1-2H3;4H,2-3H2,1H3;6*1H3;2*1H3;2*1-2H3;3*1H3/b;;6-4+;;;;;;;;;;;;;;;;;;;;. The number of isothiocyanates is 1. The molecule has 23 nitrogen and oxygen atoms in total. The van der Waals surface area contributed by atoms with Crippen LogP contribution in [0.15, 0.2) is 82.8 Å². The van der Waals surface area contributed by atoms with Crippen LogP contribution in [0.4, 0.5) is 0 Å². The molecule has 43 heteroatoms. The summed E-state index contributed by atoms with van der Waals surface area (Å²) in [5.41, 5.74) is 0.787. The molecule has 2 rings (SSSR count). The maximum absolute atomic E-state index is 10.3. The van der Waals surface area contributed by atoms with Crippen LogP contribution in [0.1, 0.15) is 51.7 Å². The fourth-order valence-electron chi connectivity index (χ4n) is 3.22. The minimum atomic E-state index is -0.257. The van der Waals surface area contributed by atoms with Gasteiger partial charge in [-0.15, -0.1) is 59.5 Å². The van der Waals surface area contributed by atoms with Crippen LogP contribution < -0.4 is 0 Å². The number of thiocarbonyl (C=S) groups is 1. The molecule has 0 amide bonds. The van der Waals surface area contributed by atoms with Gasteiger partial charge in [0, 0.05) is 106 Å². The quantitative estimate of drug-likeness (QED) is 0.00569. The predicted molar refractivity (Wildman–Crippen MR) is 563 cm³/mol. The molecule has 0 saturated carbocycles. The summed E-state index contributed by atoms with van der Waals surface area (Å²) in [6.07, 6.45) is 33.0. The van der Waals surface area contributed by atoms with Gasteiger partial charge in [0.15, 0.2) is 11.7 Å². The number of methoxy groups -OCH3 is 8. The van der Waals surface area contributed by atoms with Gasteiger partial charge in [-0.25, -0.2) is 21.4 Å². The fraction of sp³-hybridized carbons (Fsp3) is 0.616. The first-order chi connectivity index (χ1) is 55.5. The Hall–Kier alpha value is -1.63. The van der Waals surface area contributed by atoms with Gasteiger partial charge >= 0.3 is 63.3 Å². The van der Waals surface area contributed by atoms with Crippen LogP contribution in [0.2, 0.25) is 5.82 Å². The molecule has 0 aromatic heterocycles. The number of rotatable bonds is 20. The number of nitrogens with zero attached hydrogens (tertiary/aromatic N) is 10. The molecule has 0 bridgehead atoms. The van der Waals surface area contributed by atoms with Crippen LogP contribution >= 0.6 is 230 Å². The summed E-state index contributed by atoms with van der Waals surface area (Å²) >= 11 is 48.2. The zero-order chi connectivity index (χ0) is 96.1. The van der Waals surface area contributed by atoms with E-state index in [1.807, 2.05) is 128 Å². The number of hydrogen-bond acceptors (Lipinski definition) is 37. The number of allylic oxidation sites excluding steroid dienone is 2. The number of aliphatic imine (C=N–C) groups is 3. The number of hydrogen-bond donors (Lipinski definition) is 6. The molecule has 0 aliphatic heterocycles. The Morgan fingerprint density at radius 2 is 0.931 bits per heavy atom. The summed E-state index contributed by atoms with van der Waals surface area (Å²) in [7, 11) is 19.6. The van der Waals surface area contributed by atoms with Crippen molar-refractivity contribution in [1.82, 2.24) is 0 Å². The van der Waals surface area contributed by atoms with E-state index in [-0.39, 0.29) is 38.4 Å². The second-order valence-corrected chi connectivity index (χ2v) is 28.8. The Morgan fingerprint density at radius 3 is 1.07 bits per heavy atom. The number of halogens is 3. The number of alkyl halides is 3. The maximum Gasteiger partial charge on any atom is 0.205 e. The molecular formula is C73H136BrClIN13O10S15Se2. The number of carbonyl (C=O) groups is 1. The molecule has 676 valence electrons. The smallest absolute Gasteiger partial charge is 0.205 e. The van der Waals surface area contributed by atoms with Crippen molar-refractivity contribution in [2.75, 3.05) is 244 Å².